The number of rotatable bonds is 7. The molecule has 0 radical (unpaired) electrons. The maximum Gasteiger partial charge on any atom is 0.246 e. The lowest BCUT2D eigenvalue weighted by Gasteiger charge is -2.19. The predicted molar refractivity (Wildman–Crippen MR) is 147 cm³/mol. The Kier molecular flexibility index (Phi) is 8.56. The smallest absolute Gasteiger partial charge is 0.246 e. The summed E-state index contributed by atoms with van der Waals surface area (Å²) in [6.07, 6.45) is 7.20. The minimum atomic E-state index is -1.07. The normalized spacial score (nSPS) is 18.8. The van der Waals surface area contributed by atoms with Gasteiger partial charge in [-0.2, -0.15) is 0 Å². The number of nitrogens with two attached hydrogens (primary N) is 1. The molecule has 0 spiro atoms. The standard InChI is InChI=1S/C16H16N2O2.C15H21NO2/c17-16(20)15(19)13-7-10-4-5-11(8-12(10)9-13)14-3-1-2-6-18-14;1-2-8-16(7-1)9-3-4-13-5-6-14-15(12-13)18-11-10-17-14/h1-6,8,13,15,19H,7,9H2,(H2,17,20);5-6,12H,1-4,7-11H2. The number of aryl methyl sites for hydroxylation is 1. The average Bonchev–Trinajstić information content (AvgIpc) is 3.63. The summed E-state index contributed by atoms with van der Waals surface area (Å²) in [5, 5.41) is 9.80. The second-order valence-electron chi connectivity index (χ2n) is 10.3. The molecule has 2 aliphatic heterocycles. The summed E-state index contributed by atoms with van der Waals surface area (Å²) in [5.74, 6) is 1.05. The molecule has 1 fully saturated rings. The van der Waals surface area contributed by atoms with Crippen molar-refractivity contribution in [2.24, 2.45) is 11.7 Å². The molecule has 1 aliphatic carbocycles. The fourth-order valence-electron chi connectivity index (χ4n) is 5.56. The molecule has 3 aliphatic rings. The third kappa shape index (κ3) is 6.52. The number of hydrogen-bond donors (Lipinski definition) is 2. The number of aromatic nitrogens is 1. The van der Waals surface area contributed by atoms with Crippen LogP contribution in [0.2, 0.25) is 0 Å². The van der Waals surface area contributed by atoms with Crippen LogP contribution in [0.5, 0.6) is 11.5 Å². The zero-order chi connectivity index (χ0) is 26.3. The van der Waals surface area contributed by atoms with Crippen LogP contribution in [-0.4, -0.2) is 59.8 Å². The Morgan fingerprint density at radius 1 is 1.00 bits per heavy atom. The van der Waals surface area contributed by atoms with Crippen LogP contribution < -0.4 is 15.2 Å². The second-order valence-corrected chi connectivity index (χ2v) is 10.3. The van der Waals surface area contributed by atoms with E-state index in [0.717, 1.165) is 29.2 Å². The highest BCUT2D eigenvalue weighted by atomic mass is 16.6. The van der Waals surface area contributed by atoms with E-state index in [0.29, 0.717) is 26.1 Å². The first-order chi connectivity index (χ1) is 18.6. The average molecular weight is 516 g/mol. The largest absolute Gasteiger partial charge is 0.486 e. The third-order valence-corrected chi connectivity index (χ3v) is 7.61. The number of nitrogens with zero attached hydrogens (tertiary/aromatic N) is 2. The molecule has 7 heteroatoms. The minimum Gasteiger partial charge on any atom is -0.486 e. The van der Waals surface area contributed by atoms with E-state index in [1.165, 1.54) is 55.6 Å². The van der Waals surface area contributed by atoms with E-state index in [1.54, 1.807) is 6.20 Å². The second kappa shape index (κ2) is 12.4. The zero-order valence-electron chi connectivity index (χ0n) is 21.9. The van der Waals surface area contributed by atoms with Gasteiger partial charge in [-0.15, -0.1) is 0 Å². The van der Waals surface area contributed by atoms with Crippen LogP contribution in [0.3, 0.4) is 0 Å². The summed E-state index contributed by atoms with van der Waals surface area (Å²) < 4.78 is 11.1. The van der Waals surface area contributed by atoms with Crippen molar-refractivity contribution in [3.05, 3.63) is 77.5 Å². The molecule has 2 unspecified atom stereocenters. The van der Waals surface area contributed by atoms with Crippen LogP contribution >= 0.6 is 0 Å². The molecular formula is C31H37N3O4. The van der Waals surface area contributed by atoms with Crippen molar-refractivity contribution in [2.45, 2.75) is 44.6 Å². The van der Waals surface area contributed by atoms with E-state index in [1.807, 2.05) is 36.4 Å². The van der Waals surface area contributed by atoms with Crippen molar-refractivity contribution in [1.82, 2.24) is 9.88 Å². The van der Waals surface area contributed by atoms with E-state index >= 15 is 0 Å². The Hall–Kier alpha value is -3.42. The van der Waals surface area contributed by atoms with Gasteiger partial charge in [-0.05, 0) is 105 Å². The lowest BCUT2D eigenvalue weighted by atomic mass is 9.99. The van der Waals surface area contributed by atoms with Crippen LogP contribution in [-0.2, 0) is 24.1 Å². The molecule has 38 heavy (non-hydrogen) atoms. The molecule has 1 amide bonds. The van der Waals surface area contributed by atoms with Gasteiger partial charge in [-0.3, -0.25) is 9.78 Å². The van der Waals surface area contributed by atoms with Crippen molar-refractivity contribution in [3.63, 3.8) is 0 Å². The number of aliphatic hydroxyl groups excluding tert-OH is 1. The highest BCUT2D eigenvalue weighted by Gasteiger charge is 2.30. The van der Waals surface area contributed by atoms with Gasteiger partial charge in [0.05, 0.1) is 5.69 Å². The van der Waals surface area contributed by atoms with E-state index < -0.39 is 12.0 Å². The number of benzene rings is 2. The Labute approximate surface area is 224 Å². The number of carbonyl (C=O) groups excluding carboxylic acids is 1. The number of aliphatic hydroxyl groups is 1. The number of hydrogen-bond acceptors (Lipinski definition) is 6. The summed E-state index contributed by atoms with van der Waals surface area (Å²) in [6, 6.07) is 18.3. The van der Waals surface area contributed by atoms with Crippen molar-refractivity contribution >= 4 is 5.91 Å². The van der Waals surface area contributed by atoms with Gasteiger partial charge in [0.2, 0.25) is 5.91 Å². The summed E-state index contributed by atoms with van der Waals surface area (Å²) in [5.41, 5.74) is 10.9. The van der Waals surface area contributed by atoms with Crippen LogP contribution in [0.4, 0.5) is 0 Å². The van der Waals surface area contributed by atoms with Crippen molar-refractivity contribution in [3.8, 4) is 22.8 Å². The van der Waals surface area contributed by atoms with Crippen LogP contribution in [0, 0.1) is 5.92 Å². The van der Waals surface area contributed by atoms with Gasteiger partial charge in [0.15, 0.2) is 11.5 Å². The Morgan fingerprint density at radius 2 is 1.79 bits per heavy atom. The van der Waals surface area contributed by atoms with Crippen LogP contribution in [0.15, 0.2) is 60.8 Å². The molecule has 0 saturated carbocycles. The molecule has 6 rings (SSSR count). The monoisotopic (exact) mass is 515 g/mol. The SMILES string of the molecule is NC(=O)C(O)C1Cc2ccc(-c3ccccn3)cc2C1.c1cc2c(cc1CCCN1CCCC1)OCCO2. The molecule has 0 bridgehead atoms. The predicted octanol–water partition coefficient (Wildman–Crippen LogP) is 3.80. The first kappa shape index (κ1) is 26.2. The summed E-state index contributed by atoms with van der Waals surface area (Å²) in [4.78, 5) is 18.0. The highest BCUT2D eigenvalue weighted by Crippen LogP contribution is 2.32. The molecule has 1 saturated heterocycles. The summed E-state index contributed by atoms with van der Waals surface area (Å²) in [6.45, 7) is 5.16. The fraction of sp³-hybridized carbons (Fsp3) is 0.419. The number of ether oxygens (including phenoxy) is 2. The number of carbonyl (C=O) groups is 1. The third-order valence-electron chi connectivity index (χ3n) is 7.61. The van der Waals surface area contributed by atoms with Gasteiger partial charge in [0.25, 0.3) is 0 Å². The molecule has 2 aromatic carbocycles. The van der Waals surface area contributed by atoms with E-state index in [2.05, 4.69) is 28.1 Å². The van der Waals surface area contributed by atoms with Crippen molar-refractivity contribution in [1.29, 1.82) is 0 Å². The highest BCUT2D eigenvalue weighted by molar-refractivity contribution is 5.79. The molecule has 2 atom stereocenters. The van der Waals surface area contributed by atoms with Crippen LogP contribution in [0.25, 0.3) is 11.3 Å². The van der Waals surface area contributed by atoms with Gasteiger partial charge >= 0.3 is 0 Å². The topological polar surface area (TPSA) is 97.9 Å². The maximum atomic E-state index is 11.1. The summed E-state index contributed by atoms with van der Waals surface area (Å²) in [7, 11) is 0. The maximum absolute atomic E-state index is 11.1. The number of primary amides is 1. The van der Waals surface area contributed by atoms with E-state index in [-0.39, 0.29) is 5.92 Å². The summed E-state index contributed by atoms with van der Waals surface area (Å²) >= 11 is 0. The molecule has 3 N–H and O–H groups in total. The zero-order valence-corrected chi connectivity index (χ0v) is 21.9. The van der Waals surface area contributed by atoms with Gasteiger partial charge in [-0.1, -0.05) is 24.3 Å². The fourth-order valence-corrected chi connectivity index (χ4v) is 5.56. The van der Waals surface area contributed by atoms with Crippen molar-refractivity contribution in [2.75, 3.05) is 32.8 Å². The van der Waals surface area contributed by atoms with Crippen molar-refractivity contribution < 1.29 is 19.4 Å². The molecule has 3 heterocycles. The van der Waals surface area contributed by atoms with Gasteiger partial charge < -0.3 is 25.2 Å². The first-order valence-electron chi connectivity index (χ1n) is 13.7. The number of pyridine rings is 1. The lowest BCUT2D eigenvalue weighted by Crippen LogP contribution is -2.35. The molecular weight excluding hydrogens is 478 g/mol. The van der Waals surface area contributed by atoms with E-state index in [4.69, 9.17) is 15.2 Å². The Balaban J connectivity index is 0.000000156. The van der Waals surface area contributed by atoms with Gasteiger partial charge in [-0.25, -0.2) is 0 Å². The lowest BCUT2D eigenvalue weighted by molar-refractivity contribution is -0.128. The van der Waals surface area contributed by atoms with E-state index in [9.17, 15) is 9.90 Å². The number of fused-ring (bicyclic) bond motifs is 2. The van der Waals surface area contributed by atoms with Crippen LogP contribution in [0.1, 0.15) is 36.0 Å². The molecule has 3 aromatic rings. The molecule has 200 valence electrons. The number of amides is 1. The molecule has 1 aromatic heterocycles. The number of likely N-dealkylation sites (tertiary alicyclic amines) is 1. The Morgan fingerprint density at radius 3 is 2.55 bits per heavy atom. The quantitative estimate of drug-likeness (QED) is 0.497. The molecule has 7 nitrogen and oxygen atoms in total. The minimum absolute atomic E-state index is 0.110. The van der Waals surface area contributed by atoms with Gasteiger partial charge in [0.1, 0.15) is 19.3 Å². The Bertz CT molecular complexity index is 1230. The first-order valence-corrected chi connectivity index (χ1v) is 13.7. The van der Waals surface area contributed by atoms with Gasteiger partial charge in [0, 0.05) is 17.7 Å².